The molecule has 4 heteroatoms. The van der Waals surface area contributed by atoms with Crippen molar-refractivity contribution in [2.45, 2.75) is 6.92 Å². The maximum atomic E-state index is 13.3. The van der Waals surface area contributed by atoms with Gasteiger partial charge in [-0.25, -0.2) is 4.39 Å². The number of nitrogens with zero attached hydrogens (tertiary/aromatic N) is 1. The molecule has 0 aromatic heterocycles. The first-order chi connectivity index (χ1) is 9.63. The Morgan fingerprint density at radius 1 is 1.20 bits per heavy atom. The fraction of sp³-hybridized carbons (Fsp3) is 0.188. The van der Waals surface area contributed by atoms with Crippen molar-refractivity contribution in [1.29, 1.82) is 0 Å². The molecule has 2 aromatic rings. The molecule has 0 aliphatic heterocycles. The van der Waals surface area contributed by atoms with Crippen LogP contribution in [0.2, 0.25) is 0 Å². The number of amides is 1. The molecule has 1 amide bonds. The Morgan fingerprint density at radius 2 is 1.95 bits per heavy atom. The smallest absolute Gasteiger partial charge is 0.258 e. The van der Waals surface area contributed by atoms with Crippen molar-refractivity contribution >= 4 is 11.6 Å². The molecule has 0 aliphatic rings. The number of rotatable bonds is 4. The summed E-state index contributed by atoms with van der Waals surface area (Å²) in [6.07, 6.45) is 0. The van der Waals surface area contributed by atoms with Crippen molar-refractivity contribution in [3.8, 4) is 0 Å². The normalized spacial score (nSPS) is 10.3. The maximum Gasteiger partial charge on any atom is 0.258 e. The van der Waals surface area contributed by atoms with Crippen molar-refractivity contribution in [3.63, 3.8) is 0 Å². The molecule has 0 radical (unpaired) electrons. The summed E-state index contributed by atoms with van der Waals surface area (Å²) in [7, 11) is 0. The fourth-order valence-electron chi connectivity index (χ4n) is 2.08. The van der Waals surface area contributed by atoms with Gasteiger partial charge < -0.3 is 10.6 Å². The van der Waals surface area contributed by atoms with E-state index in [1.54, 1.807) is 18.2 Å². The number of anilines is 1. The van der Waals surface area contributed by atoms with Crippen molar-refractivity contribution in [3.05, 3.63) is 65.5 Å². The zero-order valence-electron chi connectivity index (χ0n) is 11.3. The lowest BCUT2D eigenvalue weighted by atomic mass is 10.1. The van der Waals surface area contributed by atoms with Gasteiger partial charge in [-0.1, -0.05) is 24.3 Å². The van der Waals surface area contributed by atoms with Gasteiger partial charge in [0.1, 0.15) is 5.82 Å². The zero-order chi connectivity index (χ0) is 14.5. The highest BCUT2D eigenvalue weighted by Gasteiger charge is 2.18. The number of hydrogen-bond acceptors (Lipinski definition) is 2. The van der Waals surface area contributed by atoms with E-state index in [1.807, 2.05) is 25.1 Å². The largest absolute Gasteiger partial charge is 0.329 e. The Balaban J connectivity index is 2.39. The van der Waals surface area contributed by atoms with E-state index in [4.69, 9.17) is 5.73 Å². The van der Waals surface area contributed by atoms with E-state index in [9.17, 15) is 9.18 Å². The summed E-state index contributed by atoms with van der Waals surface area (Å²) in [5.41, 5.74) is 7.58. The van der Waals surface area contributed by atoms with E-state index >= 15 is 0 Å². The maximum absolute atomic E-state index is 13.3. The number of nitrogens with two attached hydrogens (primary N) is 1. The van der Waals surface area contributed by atoms with E-state index in [2.05, 4.69) is 0 Å². The van der Waals surface area contributed by atoms with Gasteiger partial charge in [0.2, 0.25) is 0 Å². The minimum absolute atomic E-state index is 0.167. The molecule has 0 fully saturated rings. The third kappa shape index (κ3) is 3.03. The van der Waals surface area contributed by atoms with Crippen LogP contribution in [0.1, 0.15) is 15.9 Å². The van der Waals surface area contributed by atoms with Crippen LogP contribution >= 0.6 is 0 Å². The molecule has 2 aromatic carbocycles. The standard InChI is InChI=1S/C16H17FN2O/c1-12-5-2-3-8-15(12)16(20)19(10-9-18)14-7-4-6-13(17)11-14/h2-8,11H,9-10,18H2,1H3. The second kappa shape index (κ2) is 6.30. The topological polar surface area (TPSA) is 46.3 Å². The summed E-state index contributed by atoms with van der Waals surface area (Å²) >= 11 is 0. The van der Waals surface area contributed by atoms with Crippen LogP contribution in [-0.2, 0) is 0 Å². The van der Waals surface area contributed by atoms with E-state index in [1.165, 1.54) is 17.0 Å². The van der Waals surface area contributed by atoms with Crippen LogP contribution in [0.4, 0.5) is 10.1 Å². The van der Waals surface area contributed by atoms with Crippen LogP contribution < -0.4 is 10.6 Å². The van der Waals surface area contributed by atoms with Crippen LogP contribution in [0.5, 0.6) is 0 Å². The van der Waals surface area contributed by atoms with Gasteiger partial charge in [0.15, 0.2) is 0 Å². The predicted octanol–water partition coefficient (Wildman–Crippen LogP) is 2.74. The van der Waals surface area contributed by atoms with Crippen LogP contribution in [0.15, 0.2) is 48.5 Å². The SMILES string of the molecule is Cc1ccccc1C(=O)N(CCN)c1cccc(F)c1. The summed E-state index contributed by atoms with van der Waals surface area (Å²) in [6.45, 7) is 2.53. The summed E-state index contributed by atoms with van der Waals surface area (Å²) in [5, 5.41) is 0. The highest BCUT2D eigenvalue weighted by atomic mass is 19.1. The molecule has 0 atom stereocenters. The number of aryl methyl sites for hydroxylation is 1. The molecular formula is C16H17FN2O. The van der Waals surface area contributed by atoms with Crippen molar-refractivity contribution < 1.29 is 9.18 Å². The fourth-order valence-corrected chi connectivity index (χ4v) is 2.08. The van der Waals surface area contributed by atoms with Gasteiger partial charge in [-0.3, -0.25) is 4.79 Å². The number of halogens is 1. The highest BCUT2D eigenvalue weighted by Crippen LogP contribution is 2.19. The van der Waals surface area contributed by atoms with Crippen LogP contribution in [0, 0.1) is 12.7 Å². The second-order valence-corrected chi connectivity index (χ2v) is 4.54. The zero-order valence-corrected chi connectivity index (χ0v) is 11.3. The predicted molar refractivity (Wildman–Crippen MR) is 78.3 cm³/mol. The Labute approximate surface area is 117 Å². The summed E-state index contributed by atoms with van der Waals surface area (Å²) < 4.78 is 13.3. The second-order valence-electron chi connectivity index (χ2n) is 4.54. The molecule has 0 unspecified atom stereocenters. The van der Waals surface area contributed by atoms with Crippen LogP contribution in [0.3, 0.4) is 0 Å². The lowest BCUT2D eigenvalue weighted by molar-refractivity contribution is 0.0987. The van der Waals surface area contributed by atoms with Crippen molar-refractivity contribution in [2.24, 2.45) is 5.73 Å². The van der Waals surface area contributed by atoms with E-state index in [0.29, 0.717) is 24.3 Å². The lowest BCUT2D eigenvalue weighted by Crippen LogP contribution is -2.35. The number of benzene rings is 2. The molecule has 2 N–H and O–H groups in total. The number of carbonyl (C=O) groups excluding carboxylic acids is 1. The van der Waals surface area contributed by atoms with Crippen molar-refractivity contribution in [1.82, 2.24) is 0 Å². The van der Waals surface area contributed by atoms with Gasteiger partial charge in [0.25, 0.3) is 5.91 Å². The monoisotopic (exact) mass is 272 g/mol. The summed E-state index contributed by atoms with van der Waals surface area (Å²) in [4.78, 5) is 14.1. The minimum atomic E-state index is -0.373. The Hall–Kier alpha value is -2.20. The number of hydrogen-bond donors (Lipinski definition) is 1. The molecular weight excluding hydrogens is 255 g/mol. The first-order valence-corrected chi connectivity index (χ1v) is 6.46. The highest BCUT2D eigenvalue weighted by molar-refractivity contribution is 6.07. The van der Waals surface area contributed by atoms with Gasteiger partial charge in [-0.05, 0) is 36.8 Å². The average Bonchev–Trinajstić information content (AvgIpc) is 2.44. The van der Waals surface area contributed by atoms with E-state index in [-0.39, 0.29) is 11.7 Å². The van der Waals surface area contributed by atoms with Gasteiger partial charge in [-0.2, -0.15) is 0 Å². The molecule has 20 heavy (non-hydrogen) atoms. The van der Waals surface area contributed by atoms with Crippen molar-refractivity contribution in [2.75, 3.05) is 18.0 Å². The molecule has 0 aliphatic carbocycles. The summed E-state index contributed by atoms with van der Waals surface area (Å²) in [5.74, 6) is -0.541. The Morgan fingerprint density at radius 3 is 2.60 bits per heavy atom. The molecule has 0 saturated carbocycles. The molecule has 2 rings (SSSR count). The summed E-state index contributed by atoms with van der Waals surface area (Å²) in [6, 6.07) is 13.3. The van der Waals surface area contributed by atoms with E-state index < -0.39 is 0 Å². The molecule has 0 saturated heterocycles. The minimum Gasteiger partial charge on any atom is -0.329 e. The molecule has 0 bridgehead atoms. The Kier molecular flexibility index (Phi) is 4.48. The van der Waals surface area contributed by atoms with Gasteiger partial charge in [-0.15, -0.1) is 0 Å². The Bertz CT molecular complexity index is 613. The molecule has 104 valence electrons. The number of carbonyl (C=O) groups is 1. The van der Waals surface area contributed by atoms with Gasteiger partial charge in [0, 0.05) is 24.3 Å². The van der Waals surface area contributed by atoms with Gasteiger partial charge in [0.05, 0.1) is 0 Å². The molecule has 0 spiro atoms. The van der Waals surface area contributed by atoms with Gasteiger partial charge >= 0.3 is 0 Å². The third-order valence-electron chi connectivity index (χ3n) is 3.09. The first kappa shape index (κ1) is 14.2. The average molecular weight is 272 g/mol. The quantitative estimate of drug-likeness (QED) is 0.930. The van der Waals surface area contributed by atoms with Crippen LogP contribution in [-0.4, -0.2) is 19.0 Å². The lowest BCUT2D eigenvalue weighted by Gasteiger charge is -2.23. The third-order valence-corrected chi connectivity index (χ3v) is 3.09. The van der Waals surface area contributed by atoms with E-state index in [0.717, 1.165) is 5.56 Å². The molecule has 3 nitrogen and oxygen atoms in total. The first-order valence-electron chi connectivity index (χ1n) is 6.46. The van der Waals surface area contributed by atoms with Crippen LogP contribution in [0.25, 0.3) is 0 Å². The molecule has 0 heterocycles.